The molecule has 1 atom stereocenters. The quantitative estimate of drug-likeness (QED) is 0.323. The number of nitrogens with zero attached hydrogens (tertiary/aromatic N) is 2. The minimum absolute atomic E-state index is 0.0733. The van der Waals surface area contributed by atoms with Gasteiger partial charge in [0.05, 0.1) is 22.5 Å². The van der Waals surface area contributed by atoms with Crippen LogP contribution in [0.15, 0.2) is 45.7 Å². The second-order valence-electron chi connectivity index (χ2n) is 5.73. The highest BCUT2D eigenvalue weighted by Gasteiger charge is 2.41. The molecule has 0 N–H and O–H groups in total. The molecule has 0 bridgehead atoms. The number of ether oxygens (including phenoxy) is 1. The number of nitro groups is 1. The fraction of sp³-hybridized carbons (Fsp3) is 0.167. The van der Waals surface area contributed by atoms with Crippen LogP contribution in [0.1, 0.15) is 12.7 Å². The standard InChI is InChI=1S/C18H14N2O7S/c1-10(17(22)26-2)19-16(21)15(28-18(19)23)9-11-7-8-14(27-11)12-5-3-4-6-13(12)20(24)25/h3-10H,1-2H3/b15-9-/t10-/m0/s1. The van der Waals surface area contributed by atoms with Crippen LogP contribution < -0.4 is 0 Å². The minimum atomic E-state index is -1.05. The molecule has 28 heavy (non-hydrogen) atoms. The number of nitro benzene ring substituents is 1. The number of carbonyl (C=O) groups excluding carboxylic acids is 3. The monoisotopic (exact) mass is 402 g/mol. The highest BCUT2D eigenvalue weighted by atomic mass is 32.2. The van der Waals surface area contributed by atoms with Crippen molar-refractivity contribution in [2.24, 2.45) is 0 Å². The van der Waals surface area contributed by atoms with Gasteiger partial charge in [-0.2, -0.15) is 0 Å². The van der Waals surface area contributed by atoms with E-state index in [-0.39, 0.29) is 22.1 Å². The first-order chi connectivity index (χ1) is 13.3. The molecule has 1 aliphatic heterocycles. The summed E-state index contributed by atoms with van der Waals surface area (Å²) < 4.78 is 10.2. The van der Waals surface area contributed by atoms with E-state index in [9.17, 15) is 24.5 Å². The Bertz CT molecular complexity index is 1010. The summed E-state index contributed by atoms with van der Waals surface area (Å²) in [6.45, 7) is 1.39. The highest BCUT2D eigenvalue weighted by Crippen LogP contribution is 2.36. The molecular weight excluding hydrogens is 388 g/mol. The summed E-state index contributed by atoms with van der Waals surface area (Å²) in [6.07, 6.45) is 1.35. The van der Waals surface area contributed by atoms with E-state index in [2.05, 4.69) is 4.74 Å². The number of amides is 2. The zero-order valence-corrected chi connectivity index (χ0v) is 15.6. The predicted octanol–water partition coefficient (Wildman–Crippen LogP) is 3.45. The predicted molar refractivity (Wildman–Crippen MR) is 100 cm³/mol. The zero-order valence-electron chi connectivity index (χ0n) is 14.8. The fourth-order valence-electron chi connectivity index (χ4n) is 2.64. The third-order valence-corrected chi connectivity index (χ3v) is 4.90. The largest absolute Gasteiger partial charge is 0.467 e. The van der Waals surface area contributed by atoms with Gasteiger partial charge in [-0.25, -0.2) is 4.79 Å². The number of rotatable bonds is 5. The molecule has 2 aromatic rings. The third kappa shape index (κ3) is 3.54. The van der Waals surface area contributed by atoms with Crippen molar-refractivity contribution in [1.29, 1.82) is 0 Å². The lowest BCUT2D eigenvalue weighted by atomic mass is 10.1. The van der Waals surface area contributed by atoms with Crippen molar-refractivity contribution in [2.45, 2.75) is 13.0 Å². The maximum absolute atomic E-state index is 12.5. The van der Waals surface area contributed by atoms with Gasteiger partial charge in [-0.1, -0.05) is 12.1 Å². The molecule has 144 valence electrons. The van der Waals surface area contributed by atoms with Crippen molar-refractivity contribution >= 4 is 40.6 Å². The van der Waals surface area contributed by atoms with Crippen LogP contribution >= 0.6 is 11.8 Å². The second-order valence-corrected chi connectivity index (χ2v) is 6.72. The molecule has 1 aromatic carbocycles. The molecule has 9 nitrogen and oxygen atoms in total. The van der Waals surface area contributed by atoms with Gasteiger partial charge >= 0.3 is 5.97 Å². The van der Waals surface area contributed by atoms with Gasteiger partial charge in [-0.3, -0.25) is 24.6 Å². The first kappa shape index (κ1) is 19.4. The Kier molecular flexibility index (Phi) is 5.32. The smallest absolute Gasteiger partial charge is 0.328 e. The minimum Gasteiger partial charge on any atom is -0.467 e. The van der Waals surface area contributed by atoms with Crippen LogP contribution in [0.2, 0.25) is 0 Å². The molecule has 0 unspecified atom stereocenters. The van der Waals surface area contributed by atoms with Crippen molar-refractivity contribution in [3.05, 3.63) is 57.2 Å². The van der Waals surface area contributed by atoms with Gasteiger partial charge in [-0.15, -0.1) is 0 Å². The molecular formula is C18H14N2O7S. The summed E-state index contributed by atoms with van der Waals surface area (Å²) >= 11 is 0.669. The van der Waals surface area contributed by atoms with Gasteiger partial charge in [0.15, 0.2) is 0 Å². The Morgan fingerprint density at radius 1 is 1.29 bits per heavy atom. The average Bonchev–Trinajstić information content (AvgIpc) is 3.25. The van der Waals surface area contributed by atoms with E-state index in [1.165, 1.54) is 38.3 Å². The molecule has 0 aliphatic carbocycles. The molecule has 1 fully saturated rings. The fourth-order valence-corrected chi connectivity index (χ4v) is 3.52. The SMILES string of the molecule is COC(=O)[C@H](C)N1C(=O)S/C(=C\c2ccc(-c3ccccc3[N+](=O)[O-])o2)C1=O. The van der Waals surface area contributed by atoms with Crippen molar-refractivity contribution < 1.29 is 28.5 Å². The van der Waals surface area contributed by atoms with E-state index in [0.717, 1.165) is 4.90 Å². The lowest BCUT2D eigenvalue weighted by molar-refractivity contribution is -0.384. The summed E-state index contributed by atoms with van der Waals surface area (Å²) in [6, 6.07) is 8.11. The number of imide groups is 1. The number of benzene rings is 1. The van der Waals surface area contributed by atoms with E-state index < -0.39 is 28.1 Å². The second kappa shape index (κ2) is 7.69. The molecule has 10 heteroatoms. The van der Waals surface area contributed by atoms with E-state index in [4.69, 9.17) is 4.42 Å². The number of hydrogen-bond acceptors (Lipinski definition) is 8. The lowest BCUT2D eigenvalue weighted by Crippen LogP contribution is -2.42. The van der Waals surface area contributed by atoms with Gasteiger partial charge in [-0.05, 0) is 36.9 Å². The molecule has 0 spiro atoms. The van der Waals surface area contributed by atoms with Gasteiger partial charge in [0.25, 0.3) is 16.8 Å². The van der Waals surface area contributed by atoms with Crippen LogP contribution in [-0.4, -0.2) is 40.1 Å². The van der Waals surface area contributed by atoms with Crippen molar-refractivity contribution in [2.75, 3.05) is 7.11 Å². The van der Waals surface area contributed by atoms with Crippen LogP contribution in [0.5, 0.6) is 0 Å². The Balaban J connectivity index is 1.88. The highest BCUT2D eigenvalue weighted by molar-refractivity contribution is 8.18. The topological polar surface area (TPSA) is 120 Å². The molecule has 1 aromatic heterocycles. The first-order valence-corrected chi connectivity index (χ1v) is 8.83. The van der Waals surface area contributed by atoms with Crippen molar-refractivity contribution in [1.82, 2.24) is 4.90 Å². The van der Waals surface area contributed by atoms with Gasteiger partial charge in [0.1, 0.15) is 17.6 Å². The van der Waals surface area contributed by atoms with Crippen LogP contribution in [0.4, 0.5) is 10.5 Å². The van der Waals surface area contributed by atoms with Crippen LogP contribution in [0, 0.1) is 10.1 Å². The number of hydrogen-bond donors (Lipinski definition) is 0. The van der Waals surface area contributed by atoms with Crippen molar-refractivity contribution in [3.63, 3.8) is 0 Å². The molecule has 1 saturated heterocycles. The van der Waals surface area contributed by atoms with Crippen LogP contribution in [0.25, 0.3) is 17.4 Å². The first-order valence-electron chi connectivity index (χ1n) is 8.02. The van der Waals surface area contributed by atoms with Crippen LogP contribution in [0.3, 0.4) is 0 Å². The number of carbonyl (C=O) groups is 3. The van der Waals surface area contributed by atoms with E-state index >= 15 is 0 Å². The number of thioether (sulfide) groups is 1. The molecule has 2 amide bonds. The van der Waals surface area contributed by atoms with E-state index in [0.29, 0.717) is 17.3 Å². The Morgan fingerprint density at radius 2 is 2.00 bits per heavy atom. The summed E-state index contributed by atoms with van der Waals surface area (Å²) in [4.78, 5) is 47.8. The van der Waals surface area contributed by atoms with E-state index in [1.54, 1.807) is 18.2 Å². The van der Waals surface area contributed by atoms with Gasteiger partial charge in [0.2, 0.25) is 0 Å². The Morgan fingerprint density at radius 3 is 2.68 bits per heavy atom. The normalized spacial score (nSPS) is 16.5. The molecule has 2 heterocycles. The maximum Gasteiger partial charge on any atom is 0.328 e. The van der Waals surface area contributed by atoms with Gasteiger partial charge in [0, 0.05) is 12.1 Å². The third-order valence-electron chi connectivity index (χ3n) is 4.02. The van der Waals surface area contributed by atoms with Crippen LogP contribution in [-0.2, 0) is 14.3 Å². The molecule has 1 aliphatic rings. The molecule has 3 rings (SSSR count). The molecule has 0 radical (unpaired) electrons. The average molecular weight is 402 g/mol. The lowest BCUT2D eigenvalue weighted by Gasteiger charge is -2.18. The zero-order chi connectivity index (χ0) is 20.4. The number of esters is 1. The number of para-hydroxylation sites is 1. The van der Waals surface area contributed by atoms with Crippen molar-refractivity contribution in [3.8, 4) is 11.3 Å². The summed E-state index contributed by atoms with van der Waals surface area (Å²) in [5.41, 5.74) is 0.176. The maximum atomic E-state index is 12.5. The van der Waals surface area contributed by atoms with E-state index in [1.807, 2.05) is 0 Å². The van der Waals surface area contributed by atoms with Gasteiger partial charge < -0.3 is 9.15 Å². The summed E-state index contributed by atoms with van der Waals surface area (Å²) in [5.74, 6) is -0.859. The number of furan rings is 1. The molecule has 0 saturated carbocycles. The summed E-state index contributed by atoms with van der Waals surface area (Å²) in [5, 5.41) is 10.6. The Hall–Kier alpha value is -3.40. The Labute approximate surface area is 163 Å². The summed E-state index contributed by atoms with van der Waals surface area (Å²) in [7, 11) is 1.17. The number of methoxy groups -OCH3 is 1.